The van der Waals surface area contributed by atoms with Crippen LogP contribution in [-0.4, -0.2) is 20.7 Å². The minimum Gasteiger partial charge on any atom is -0.326 e. The van der Waals surface area contributed by atoms with E-state index in [2.05, 4.69) is 63.4 Å². The third kappa shape index (κ3) is 4.03. The quantitative estimate of drug-likeness (QED) is 0.438. The molecule has 0 fully saturated rings. The van der Waals surface area contributed by atoms with Crippen LogP contribution in [0.1, 0.15) is 48.5 Å². The second kappa shape index (κ2) is 8.95. The highest BCUT2D eigenvalue weighted by molar-refractivity contribution is 6.02. The SMILES string of the molecule is CCCn1c(CCC(=O)Nc2cccc3ccccc23)nnc1C1Cc2ccccc2C1. The summed E-state index contributed by atoms with van der Waals surface area (Å²) in [6.07, 6.45) is 4.01. The van der Waals surface area contributed by atoms with Gasteiger partial charge in [0.05, 0.1) is 0 Å². The second-order valence-electron chi connectivity index (χ2n) is 8.57. The number of carbonyl (C=O) groups is 1. The van der Waals surface area contributed by atoms with E-state index in [1.807, 2.05) is 30.3 Å². The Balaban J connectivity index is 1.29. The molecule has 0 radical (unpaired) electrons. The number of amides is 1. The lowest BCUT2D eigenvalue weighted by atomic mass is 10.1. The first-order valence-corrected chi connectivity index (χ1v) is 11.5. The van der Waals surface area contributed by atoms with Gasteiger partial charge in [-0.05, 0) is 41.8 Å². The van der Waals surface area contributed by atoms with Crippen LogP contribution in [0.2, 0.25) is 0 Å². The minimum absolute atomic E-state index is 0.00206. The molecular weight excluding hydrogens is 396 g/mol. The number of anilines is 1. The minimum atomic E-state index is 0.00206. The van der Waals surface area contributed by atoms with E-state index in [0.29, 0.717) is 18.8 Å². The number of hydrogen-bond donors (Lipinski definition) is 1. The van der Waals surface area contributed by atoms with Gasteiger partial charge in [-0.2, -0.15) is 0 Å². The van der Waals surface area contributed by atoms with Crippen LogP contribution in [0.5, 0.6) is 0 Å². The van der Waals surface area contributed by atoms with Gasteiger partial charge in [0.25, 0.3) is 0 Å². The maximum atomic E-state index is 12.7. The lowest BCUT2D eigenvalue weighted by molar-refractivity contribution is -0.116. The molecule has 1 N–H and O–H groups in total. The van der Waals surface area contributed by atoms with Crippen molar-refractivity contribution in [3.05, 3.63) is 89.5 Å². The van der Waals surface area contributed by atoms with Gasteiger partial charge in [-0.15, -0.1) is 10.2 Å². The van der Waals surface area contributed by atoms with Crippen molar-refractivity contribution in [1.29, 1.82) is 0 Å². The fourth-order valence-corrected chi connectivity index (χ4v) is 4.82. The third-order valence-electron chi connectivity index (χ3n) is 6.36. The van der Waals surface area contributed by atoms with Gasteiger partial charge in [0.1, 0.15) is 11.6 Å². The number of nitrogens with zero attached hydrogens (tertiary/aromatic N) is 3. The highest BCUT2D eigenvalue weighted by Gasteiger charge is 2.27. The van der Waals surface area contributed by atoms with E-state index in [0.717, 1.165) is 53.9 Å². The predicted octanol–water partition coefficient (Wildman–Crippen LogP) is 5.30. The fraction of sp³-hybridized carbons (Fsp3) is 0.296. The van der Waals surface area contributed by atoms with Crippen LogP contribution in [0.3, 0.4) is 0 Å². The Kier molecular flexibility index (Phi) is 5.71. The molecule has 0 aliphatic heterocycles. The van der Waals surface area contributed by atoms with Crippen molar-refractivity contribution in [2.45, 2.75) is 51.5 Å². The van der Waals surface area contributed by atoms with Crippen molar-refractivity contribution in [2.24, 2.45) is 0 Å². The van der Waals surface area contributed by atoms with Gasteiger partial charge in [0.2, 0.25) is 5.91 Å². The van der Waals surface area contributed by atoms with Crippen molar-refractivity contribution in [2.75, 3.05) is 5.32 Å². The van der Waals surface area contributed by atoms with E-state index in [9.17, 15) is 4.79 Å². The van der Waals surface area contributed by atoms with Gasteiger partial charge in [0.15, 0.2) is 0 Å². The maximum Gasteiger partial charge on any atom is 0.224 e. The number of benzene rings is 3. The van der Waals surface area contributed by atoms with E-state index in [1.54, 1.807) is 0 Å². The van der Waals surface area contributed by atoms with E-state index < -0.39 is 0 Å². The molecule has 5 rings (SSSR count). The first-order chi connectivity index (χ1) is 15.7. The highest BCUT2D eigenvalue weighted by atomic mass is 16.1. The third-order valence-corrected chi connectivity index (χ3v) is 6.36. The first-order valence-electron chi connectivity index (χ1n) is 11.5. The molecule has 0 saturated carbocycles. The lowest BCUT2D eigenvalue weighted by Crippen LogP contribution is -2.16. The molecule has 162 valence electrons. The molecule has 0 unspecified atom stereocenters. The van der Waals surface area contributed by atoms with Crippen LogP contribution in [0, 0.1) is 0 Å². The average molecular weight is 425 g/mol. The van der Waals surface area contributed by atoms with E-state index in [1.165, 1.54) is 11.1 Å². The topological polar surface area (TPSA) is 59.8 Å². The Morgan fingerprint density at radius 2 is 1.69 bits per heavy atom. The van der Waals surface area contributed by atoms with Crippen LogP contribution < -0.4 is 5.32 Å². The number of hydrogen-bond acceptors (Lipinski definition) is 3. The molecular formula is C27H28N4O. The Labute approximate surface area is 188 Å². The standard InChI is InChI=1S/C27H28N4O/c1-2-16-31-25(29-30-27(31)22-17-20-9-3-4-10-21(20)18-22)14-15-26(32)28-24-13-7-11-19-8-5-6-12-23(19)24/h3-13,22H,2,14-18H2,1H3,(H,28,32). The Morgan fingerprint density at radius 3 is 2.47 bits per heavy atom. The maximum absolute atomic E-state index is 12.7. The number of aryl methyl sites for hydroxylation is 1. The van der Waals surface area contributed by atoms with Gasteiger partial charge in [-0.1, -0.05) is 67.6 Å². The fourth-order valence-electron chi connectivity index (χ4n) is 4.82. The summed E-state index contributed by atoms with van der Waals surface area (Å²) in [5.74, 6) is 2.34. The monoisotopic (exact) mass is 424 g/mol. The van der Waals surface area contributed by atoms with Crippen LogP contribution in [0.4, 0.5) is 5.69 Å². The zero-order valence-electron chi connectivity index (χ0n) is 18.4. The van der Waals surface area contributed by atoms with Gasteiger partial charge < -0.3 is 9.88 Å². The van der Waals surface area contributed by atoms with Crippen molar-refractivity contribution >= 4 is 22.4 Å². The van der Waals surface area contributed by atoms with Gasteiger partial charge in [-0.25, -0.2) is 0 Å². The molecule has 1 aliphatic rings. The Morgan fingerprint density at radius 1 is 0.969 bits per heavy atom. The predicted molar refractivity (Wildman–Crippen MR) is 128 cm³/mol. The molecule has 5 nitrogen and oxygen atoms in total. The summed E-state index contributed by atoms with van der Waals surface area (Å²) in [4.78, 5) is 12.7. The summed E-state index contributed by atoms with van der Waals surface area (Å²) in [7, 11) is 0. The van der Waals surface area contributed by atoms with Crippen LogP contribution in [0.15, 0.2) is 66.7 Å². The molecule has 0 bridgehead atoms. The average Bonchev–Trinajstić information content (AvgIpc) is 3.42. The Bertz CT molecular complexity index is 1230. The molecule has 5 heteroatoms. The van der Waals surface area contributed by atoms with Crippen molar-refractivity contribution in [3.63, 3.8) is 0 Å². The summed E-state index contributed by atoms with van der Waals surface area (Å²) < 4.78 is 2.25. The van der Waals surface area contributed by atoms with Crippen molar-refractivity contribution in [3.8, 4) is 0 Å². The van der Waals surface area contributed by atoms with E-state index in [4.69, 9.17) is 0 Å². The number of carbonyl (C=O) groups excluding carboxylic acids is 1. The molecule has 1 aromatic heterocycles. The van der Waals surface area contributed by atoms with E-state index >= 15 is 0 Å². The summed E-state index contributed by atoms with van der Waals surface area (Å²) >= 11 is 0. The van der Waals surface area contributed by atoms with Gasteiger partial charge in [0, 0.05) is 36.4 Å². The molecule has 0 saturated heterocycles. The van der Waals surface area contributed by atoms with Crippen LogP contribution in [-0.2, 0) is 30.6 Å². The molecule has 1 heterocycles. The van der Waals surface area contributed by atoms with Crippen LogP contribution in [0.25, 0.3) is 10.8 Å². The molecule has 0 atom stereocenters. The highest BCUT2D eigenvalue weighted by Crippen LogP contribution is 2.33. The first kappa shape index (κ1) is 20.4. The lowest BCUT2D eigenvalue weighted by Gasteiger charge is -2.13. The summed E-state index contributed by atoms with van der Waals surface area (Å²) in [5.41, 5.74) is 3.69. The molecule has 32 heavy (non-hydrogen) atoms. The summed E-state index contributed by atoms with van der Waals surface area (Å²) in [5, 5.41) is 14.3. The molecule has 3 aromatic carbocycles. The zero-order valence-corrected chi connectivity index (χ0v) is 18.4. The zero-order chi connectivity index (χ0) is 21.9. The van der Waals surface area contributed by atoms with Crippen LogP contribution >= 0.6 is 0 Å². The molecule has 0 spiro atoms. The number of rotatable bonds is 7. The van der Waals surface area contributed by atoms with Crippen molar-refractivity contribution in [1.82, 2.24) is 14.8 Å². The summed E-state index contributed by atoms with van der Waals surface area (Å²) in [6.45, 7) is 3.06. The normalized spacial score (nSPS) is 13.4. The number of nitrogens with one attached hydrogen (secondary N) is 1. The van der Waals surface area contributed by atoms with E-state index in [-0.39, 0.29) is 5.91 Å². The number of fused-ring (bicyclic) bond motifs is 2. The molecule has 4 aromatic rings. The van der Waals surface area contributed by atoms with Gasteiger partial charge in [-0.3, -0.25) is 4.79 Å². The smallest absolute Gasteiger partial charge is 0.224 e. The largest absolute Gasteiger partial charge is 0.326 e. The second-order valence-corrected chi connectivity index (χ2v) is 8.57. The molecule has 1 amide bonds. The van der Waals surface area contributed by atoms with Crippen molar-refractivity contribution < 1.29 is 4.79 Å². The molecule has 1 aliphatic carbocycles. The Hall–Kier alpha value is -3.47. The summed E-state index contributed by atoms with van der Waals surface area (Å²) in [6, 6.07) is 22.7. The van der Waals surface area contributed by atoms with Gasteiger partial charge >= 0.3 is 0 Å². The number of aromatic nitrogens is 3.